The molecular weight excluding hydrogens is 420 g/mol. The van der Waals surface area contributed by atoms with E-state index >= 15 is 0 Å². The molecule has 1 aliphatic carbocycles. The lowest BCUT2D eigenvalue weighted by molar-refractivity contribution is -0.131. The van der Waals surface area contributed by atoms with Crippen molar-refractivity contribution in [2.75, 3.05) is 13.1 Å². The number of carbonyl (C=O) groups excluding carboxylic acids is 1. The van der Waals surface area contributed by atoms with Gasteiger partial charge in [0.1, 0.15) is 17.2 Å². The topological polar surface area (TPSA) is 104 Å². The summed E-state index contributed by atoms with van der Waals surface area (Å²) in [6.07, 6.45) is 5.11. The quantitative estimate of drug-likeness (QED) is 0.490. The maximum absolute atomic E-state index is 12.6. The van der Waals surface area contributed by atoms with Crippen LogP contribution in [0.3, 0.4) is 0 Å². The molecular formula is C25H24N4O4. The molecule has 168 valence electrons. The molecule has 2 fully saturated rings. The minimum Gasteiger partial charge on any atom is -0.506 e. The van der Waals surface area contributed by atoms with Crippen LogP contribution in [0, 0.1) is 11.8 Å². The maximum atomic E-state index is 12.6. The molecule has 1 saturated heterocycles. The van der Waals surface area contributed by atoms with Crippen molar-refractivity contribution in [1.29, 1.82) is 0 Å². The number of H-pyrrole nitrogens is 1. The van der Waals surface area contributed by atoms with E-state index in [9.17, 15) is 14.7 Å². The van der Waals surface area contributed by atoms with Crippen molar-refractivity contribution in [2.45, 2.75) is 25.7 Å². The van der Waals surface area contributed by atoms with Crippen LogP contribution in [-0.2, 0) is 11.2 Å². The first-order valence-corrected chi connectivity index (χ1v) is 11.3. The number of amides is 1. The second kappa shape index (κ2) is 7.65. The van der Waals surface area contributed by atoms with Gasteiger partial charge < -0.3 is 14.4 Å². The van der Waals surface area contributed by atoms with Crippen LogP contribution in [0.1, 0.15) is 25.1 Å². The average Bonchev–Trinajstić information content (AvgIpc) is 3.21. The van der Waals surface area contributed by atoms with Crippen molar-refractivity contribution in [2.24, 2.45) is 11.8 Å². The number of benzene rings is 2. The number of phenolic OH excluding ortho intramolecular Hbond substituents is 1. The van der Waals surface area contributed by atoms with Crippen LogP contribution < -0.4 is 5.69 Å². The van der Waals surface area contributed by atoms with E-state index in [0.717, 1.165) is 47.9 Å². The molecule has 1 saturated carbocycles. The molecule has 1 atom stereocenters. The molecule has 8 heteroatoms. The minimum atomic E-state index is -0.392. The number of hydrogen-bond acceptors (Lipinski definition) is 5. The first-order valence-electron chi connectivity index (χ1n) is 11.3. The summed E-state index contributed by atoms with van der Waals surface area (Å²) in [5, 5.41) is 18.5. The van der Waals surface area contributed by atoms with Crippen LogP contribution >= 0.6 is 0 Å². The fourth-order valence-corrected chi connectivity index (χ4v) is 4.80. The normalized spacial score (nSPS) is 18.3. The van der Waals surface area contributed by atoms with Gasteiger partial charge >= 0.3 is 5.69 Å². The Kier molecular flexibility index (Phi) is 4.60. The Morgan fingerprint density at radius 3 is 2.76 bits per heavy atom. The van der Waals surface area contributed by atoms with Crippen molar-refractivity contribution in [1.82, 2.24) is 19.7 Å². The summed E-state index contributed by atoms with van der Waals surface area (Å²) in [5.41, 5.74) is 2.58. The summed E-state index contributed by atoms with van der Waals surface area (Å²) < 4.78 is 6.83. The van der Waals surface area contributed by atoms with Crippen LogP contribution in [0.2, 0.25) is 0 Å². The Labute approximate surface area is 189 Å². The number of nitrogens with one attached hydrogen (secondary N) is 1. The average molecular weight is 444 g/mol. The first-order chi connectivity index (χ1) is 16.1. The van der Waals surface area contributed by atoms with Crippen molar-refractivity contribution in [3.63, 3.8) is 0 Å². The molecule has 0 radical (unpaired) electrons. The van der Waals surface area contributed by atoms with Gasteiger partial charge in [0.25, 0.3) is 0 Å². The number of aromatic hydroxyl groups is 1. The lowest BCUT2D eigenvalue weighted by atomic mass is 10.0. The Balaban J connectivity index is 1.26. The Morgan fingerprint density at radius 2 is 1.94 bits per heavy atom. The molecule has 33 heavy (non-hydrogen) atoms. The Bertz CT molecular complexity index is 1410. The lowest BCUT2D eigenvalue weighted by Gasteiger charge is -2.16. The number of nitrogens with zero attached hydrogens (tertiary/aromatic N) is 3. The SMILES string of the molecule is O=C(C1CC1)N1CCC(Cc2n[nH]c(=O)n2-c2ccc(-c3ccc4occc4c3)cc2O)C1. The number of likely N-dealkylation sites (tertiary alicyclic amines) is 1. The van der Waals surface area contributed by atoms with Gasteiger partial charge in [-0.3, -0.25) is 4.79 Å². The zero-order valence-corrected chi connectivity index (χ0v) is 18.0. The van der Waals surface area contributed by atoms with Crippen molar-refractivity contribution in [3.8, 4) is 22.6 Å². The van der Waals surface area contributed by atoms with Gasteiger partial charge in [-0.1, -0.05) is 12.1 Å². The van der Waals surface area contributed by atoms with Crippen LogP contribution in [0.5, 0.6) is 5.75 Å². The lowest BCUT2D eigenvalue weighted by Crippen LogP contribution is -2.30. The maximum Gasteiger partial charge on any atom is 0.348 e. The zero-order valence-electron chi connectivity index (χ0n) is 18.0. The largest absolute Gasteiger partial charge is 0.506 e. The van der Waals surface area contributed by atoms with E-state index in [1.165, 1.54) is 4.57 Å². The fourth-order valence-electron chi connectivity index (χ4n) is 4.80. The minimum absolute atomic E-state index is 0.00139. The van der Waals surface area contributed by atoms with Crippen molar-refractivity contribution in [3.05, 3.63) is 65.0 Å². The van der Waals surface area contributed by atoms with E-state index in [4.69, 9.17) is 4.42 Å². The highest BCUT2D eigenvalue weighted by molar-refractivity contribution is 5.84. The Hall–Kier alpha value is -3.81. The molecule has 1 aliphatic heterocycles. The number of aromatic nitrogens is 3. The Morgan fingerprint density at radius 1 is 1.12 bits per heavy atom. The van der Waals surface area contributed by atoms with Gasteiger partial charge in [0, 0.05) is 30.8 Å². The second-order valence-corrected chi connectivity index (χ2v) is 9.07. The van der Waals surface area contributed by atoms with Gasteiger partial charge in [0.05, 0.1) is 12.0 Å². The van der Waals surface area contributed by atoms with Crippen LogP contribution in [0.4, 0.5) is 0 Å². The molecule has 1 unspecified atom stereocenters. The van der Waals surface area contributed by atoms with E-state index in [1.807, 2.05) is 35.2 Å². The second-order valence-electron chi connectivity index (χ2n) is 9.07. The molecule has 0 bridgehead atoms. The molecule has 2 aliphatic rings. The smallest absolute Gasteiger partial charge is 0.348 e. The molecule has 3 heterocycles. The van der Waals surface area contributed by atoms with Gasteiger partial charge in [-0.2, -0.15) is 5.10 Å². The van der Waals surface area contributed by atoms with E-state index < -0.39 is 5.69 Å². The monoisotopic (exact) mass is 444 g/mol. The van der Waals surface area contributed by atoms with Gasteiger partial charge in [0.15, 0.2) is 0 Å². The number of rotatable bonds is 5. The highest BCUT2D eigenvalue weighted by Crippen LogP contribution is 2.34. The van der Waals surface area contributed by atoms with Gasteiger partial charge in [-0.25, -0.2) is 14.5 Å². The fraction of sp³-hybridized carbons (Fsp3) is 0.320. The predicted molar refractivity (Wildman–Crippen MR) is 122 cm³/mol. The number of phenols is 1. The molecule has 4 aromatic rings. The highest BCUT2D eigenvalue weighted by atomic mass is 16.3. The third-order valence-electron chi connectivity index (χ3n) is 6.74. The number of aromatic amines is 1. The summed E-state index contributed by atoms with van der Waals surface area (Å²) >= 11 is 0. The van der Waals surface area contributed by atoms with E-state index in [1.54, 1.807) is 18.4 Å². The number of hydrogen-bond donors (Lipinski definition) is 2. The number of furan rings is 1. The van der Waals surface area contributed by atoms with Gasteiger partial charge in [-0.05, 0) is 66.6 Å². The standard InChI is InChI=1S/C25H24N4O4/c30-21-13-18(17-4-6-22-19(12-17)8-10-33-22)3-5-20(21)29-23(26-27-25(29)32)11-15-7-9-28(14-15)24(31)16-1-2-16/h3-6,8,10,12-13,15-16,30H,1-2,7,9,11,14H2,(H,27,32). The third kappa shape index (κ3) is 3.61. The molecule has 0 spiro atoms. The van der Waals surface area contributed by atoms with Gasteiger partial charge in [0.2, 0.25) is 5.91 Å². The predicted octanol–water partition coefficient (Wildman–Crippen LogP) is 3.48. The molecule has 2 N–H and O–H groups in total. The molecule has 8 nitrogen and oxygen atoms in total. The summed E-state index contributed by atoms with van der Waals surface area (Å²) in [5.74, 6) is 1.29. The number of fused-ring (bicyclic) bond motifs is 1. The van der Waals surface area contributed by atoms with E-state index in [-0.39, 0.29) is 23.5 Å². The summed E-state index contributed by atoms with van der Waals surface area (Å²) in [6.45, 7) is 1.45. The van der Waals surface area contributed by atoms with Crippen molar-refractivity contribution < 1.29 is 14.3 Å². The summed E-state index contributed by atoms with van der Waals surface area (Å²) in [4.78, 5) is 26.9. The number of carbonyl (C=O) groups is 1. The molecule has 6 rings (SSSR count). The zero-order chi connectivity index (χ0) is 22.5. The molecule has 2 aromatic carbocycles. The summed E-state index contributed by atoms with van der Waals surface area (Å²) in [7, 11) is 0. The van der Waals surface area contributed by atoms with Crippen LogP contribution in [0.15, 0.2) is 57.9 Å². The van der Waals surface area contributed by atoms with E-state index in [0.29, 0.717) is 24.5 Å². The molecule has 1 amide bonds. The highest BCUT2D eigenvalue weighted by Gasteiger charge is 2.37. The third-order valence-corrected chi connectivity index (χ3v) is 6.74. The van der Waals surface area contributed by atoms with Gasteiger partial charge in [-0.15, -0.1) is 0 Å². The van der Waals surface area contributed by atoms with E-state index in [2.05, 4.69) is 10.2 Å². The first kappa shape index (κ1) is 19.8. The van der Waals surface area contributed by atoms with Crippen LogP contribution in [0.25, 0.3) is 27.8 Å². The van der Waals surface area contributed by atoms with Crippen molar-refractivity contribution >= 4 is 16.9 Å². The molecule has 2 aromatic heterocycles. The summed E-state index contributed by atoms with van der Waals surface area (Å²) in [6, 6.07) is 13.0. The van der Waals surface area contributed by atoms with Crippen LogP contribution in [-0.4, -0.2) is 43.8 Å².